The van der Waals surface area contributed by atoms with Crippen molar-refractivity contribution in [3.63, 3.8) is 0 Å². The van der Waals surface area contributed by atoms with E-state index in [1.54, 1.807) is 18.2 Å². The average Bonchev–Trinajstić information content (AvgIpc) is 2.54. The minimum Gasteiger partial charge on any atom is -0.273 e. The normalized spacial score (nSPS) is 11.1. The molecular formula is C18H26Cl2N2O. The van der Waals surface area contributed by atoms with Gasteiger partial charge < -0.3 is 0 Å². The number of halogens is 2. The second kappa shape index (κ2) is 12.4. The van der Waals surface area contributed by atoms with Gasteiger partial charge in [0.05, 0.1) is 16.3 Å². The highest BCUT2D eigenvalue weighted by Crippen LogP contribution is 2.24. The molecule has 0 unspecified atom stereocenters. The van der Waals surface area contributed by atoms with E-state index in [9.17, 15) is 4.79 Å². The number of rotatable bonds is 11. The first kappa shape index (κ1) is 20.0. The lowest BCUT2D eigenvalue weighted by Crippen LogP contribution is -2.16. The Morgan fingerprint density at radius 3 is 2.43 bits per heavy atom. The molecule has 1 aromatic carbocycles. The Balaban J connectivity index is 2.12. The maximum atomic E-state index is 11.7. The lowest BCUT2D eigenvalue weighted by molar-refractivity contribution is -0.121. The van der Waals surface area contributed by atoms with Crippen molar-refractivity contribution in [1.29, 1.82) is 0 Å². The fraction of sp³-hybridized carbons (Fsp3) is 0.556. The van der Waals surface area contributed by atoms with Crippen LogP contribution in [0, 0.1) is 0 Å². The van der Waals surface area contributed by atoms with Gasteiger partial charge in [0.1, 0.15) is 0 Å². The molecule has 1 amide bonds. The topological polar surface area (TPSA) is 41.5 Å². The summed E-state index contributed by atoms with van der Waals surface area (Å²) in [5.74, 6) is -0.0645. The molecule has 0 fully saturated rings. The molecule has 0 saturated carbocycles. The first-order valence-electron chi connectivity index (χ1n) is 8.41. The van der Waals surface area contributed by atoms with Crippen molar-refractivity contribution < 1.29 is 4.79 Å². The number of hydrazone groups is 1. The maximum Gasteiger partial charge on any atom is 0.240 e. The number of carbonyl (C=O) groups is 1. The predicted octanol–water partition coefficient (Wildman–Crippen LogP) is 5.97. The van der Waals surface area contributed by atoms with Crippen LogP contribution in [0.15, 0.2) is 23.3 Å². The van der Waals surface area contributed by atoms with Crippen LogP contribution in [-0.4, -0.2) is 12.1 Å². The maximum absolute atomic E-state index is 11.7. The highest BCUT2D eigenvalue weighted by Gasteiger charge is 2.02. The zero-order chi connectivity index (χ0) is 16.9. The number of benzene rings is 1. The van der Waals surface area contributed by atoms with E-state index in [0.29, 0.717) is 22.0 Å². The largest absolute Gasteiger partial charge is 0.273 e. The Hall–Kier alpha value is -1.06. The van der Waals surface area contributed by atoms with Gasteiger partial charge in [0.15, 0.2) is 0 Å². The molecule has 3 nitrogen and oxygen atoms in total. The third-order valence-corrected chi connectivity index (χ3v) is 4.47. The van der Waals surface area contributed by atoms with Crippen LogP contribution in [0.3, 0.4) is 0 Å². The van der Waals surface area contributed by atoms with Gasteiger partial charge in [0.2, 0.25) is 5.91 Å². The van der Waals surface area contributed by atoms with Crippen molar-refractivity contribution in [1.82, 2.24) is 5.43 Å². The van der Waals surface area contributed by atoms with Gasteiger partial charge in [0, 0.05) is 12.0 Å². The van der Waals surface area contributed by atoms with Crippen LogP contribution >= 0.6 is 23.2 Å². The van der Waals surface area contributed by atoms with Crippen LogP contribution in [0.25, 0.3) is 0 Å². The first-order valence-corrected chi connectivity index (χ1v) is 9.16. The van der Waals surface area contributed by atoms with Crippen molar-refractivity contribution in [3.05, 3.63) is 33.8 Å². The molecule has 1 aromatic rings. The zero-order valence-corrected chi connectivity index (χ0v) is 15.3. The predicted molar refractivity (Wildman–Crippen MR) is 99.4 cm³/mol. The smallest absolute Gasteiger partial charge is 0.240 e. The number of carbonyl (C=O) groups excluding carboxylic acids is 1. The minimum atomic E-state index is -0.0645. The highest BCUT2D eigenvalue weighted by atomic mass is 35.5. The van der Waals surface area contributed by atoms with E-state index < -0.39 is 0 Å². The van der Waals surface area contributed by atoms with E-state index in [1.807, 2.05) is 0 Å². The van der Waals surface area contributed by atoms with Crippen molar-refractivity contribution in [2.24, 2.45) is 5.10 Å². The lowest BCUT2D eigenvalue weighted by Gasteiger charge is -2.02. The molecule has 0 spiro atoms. The quantitative estimate of drug-likeness (QED) is 0.296. The van der Waals surface area contributed by atoms with Gasteiger partial charge in [-0.05, 0) is 12.5 Å². The lowest BCUT2D eigenvalue weighted by atomic mass is 10.1. The molecule has 128 valence electrons. The summed E-state index contributed by atoms with van der Waals surface area (Å²) in [4.78, 5) is 11.7. The SMILES string of the molecule is CCCCCCCCCCC(=O)N/N=C/c1cccc(Cl)c1Cl. The molecule has 5 heteroatoms. The van der Waals surface area contributed by atoms with Gasteiger partial charge in [-0.15, -0.1) is 0 Å². The van der Waals surface area contributed by atoms with E-state index >= 15 is 0 Å². The van der Waals surface area contributed by atoms with E-state index in [2.05, 4.69) is 17.5 Å². The van der Waals surface area contributed by atoms with Gasteiger partial charge in [-0.3, -0.25) is 4.79 Å². The second-order valence-electron chi connectivity index (χ2n) is 5.66. The number of nitrogens with zero attached hydrogens (tertiary/aromatic N) is 1. The van der Waals surface area contributed by atoms with Crippen LogP contribution in [0.5, 0.6) is 0 Å². The van der Waals surface area contributed by atoms with Crippen molar-refractivity contribution in [2.75, 3.05) is 0 Å². The highest BCUT2D eigenvalue weighted by molar-refractivity contribution is 6.43. The van der Waals surface area contributed by atoms with Crippen molar-refractivity contribution in [2.45, 2.75) is 64.7 Å². The molecule has 0 radical (unpaired) electrons. The van der Waals surface area contributed by atoms with Gasteiger partial charge in [-0.2, -0.15) is 5.10 Å². The Morgan fingerprint density at radius 1 is 1.09 bits per heavy atom. The molecular weight excluding hydrogens is 331 g/mol. The summed E-state index contributed by atoms with van der Waals surface area (Å²) in [6.45, 7) is 2.22. The third kappa shape index (κ3) is 8.97. The summed E-state index contributed by atoms with van der Waals surface area (Å²) >= 11 is 11.9. The number of hydrogen-bond acceptors (Lipinski definition) is 2. The van der Waals surface area contributed by atoms with Crippen LogP contribution in [0.2, 0.25) is 10.0 Å². The number of amides is 1. The van der Waals surface area contributed by atoms with E-state index in [1.165, 1.54) is 44.7 Å². The minimum absolute atomic E-state index is 0.0645. The van der Waals surface area contributed by atoms with Crippen LogP contribution < -0.4 is 5.43 Å². The molecule has 0 atom stereocenters. The summed E-state index contributed by atoms with van der Waals surface area (Å²) in [5, 5.41) is 4.84. The number of hydrogen-bond donors (Lipinski definition) is 1. The summed E-state index contributed by atoms with van der Waals surface area (Å²) < 4.78 is 0. The average molecular weight is 357 g/mol. The molecule has 1 N–H and O–H groups in total. The van der Waals surface area contributed by atoms with Gasteiger partial charge in [0.25, 0.3) is 0 Å². The Morgan fingerprint density at radius 2 is 1.74 bits per heavy atom. The van der Waals surface area contributed by atoms with Crippen LogP contribution in [0.1, 0.15) is 70.3 Å². The summed E-state index contributed by atoms with van der Waals surface area (Å²) in [6.07, 6.45) is 11.8. The van der Waals surface area contributed by atoms with E-state index in [0.717, 1.165) is 12.8 Å². The van der Waals surface area contributed by atoms with Gasteiger partial charge in [-0.25, -0.2) is 5.43 Å². The molecule has 0 saturated heterocycles. The van der Waals surface area contributed by atoms with Crippen LogP contribution in [-0.2, 0) is 4.79 Å². The molecule has 0 aliphatic carbocycles. The molecule has 0 heterocycles. The number of unbranched alkanes of at least 4 members (excludes halogenated alkanes) is 7. The summed E-state index contributed by atoms with van der Waals surface area (Å²) in [5.41, 5.74) is 3.21. The van der Waals surface area contributed by atoms with E-state index in [-0.39, 0.29) is 5.91 Å². The molecule has 0 aromatic heterocycles. The van der Waals surface area contributed by atoms with Gasteiger partial charge in [-0.1, -0.05) is 87.2 Å². The van der Waals surface area contributed by atoms with Gasteiger partial charge >= 0.3 is 0 Å². The fourth-order valence-corrected chi connectivity index (χ4v) is 2.63. The summed E-state index contributed by atoms with van der Waals surface area (Å²) in [6, 6.07) is 5.29. The standard InChI is InChI=1S/C18H26Cl2N2O/c1-2-3-4-5-6-7-8-9-13-17(23)22-21-14-15-11-10-12-16(19)18(15)20/h10-12,14H,2-9,13H2,1H3,(H,22,23)/b21-14+. The van der Waals surface area contributed by atoms with E-state index in [4.69, 9.17) is 23.2 Å². The van der Waals surface area contributed by atoms with Crippen molar-refractivity contribution in [3.8, 4) is 0 Å². The molecule has 0 aliphatic rings. The molecule has 0 aliphatic heterocycles. The molecule has 23 heavy (non-hydrogen) atoms. The Bertz CT molecular complexity index is 504. The Kier molecular flexibility index (Phi) is 10.8. The monoisotopic (exact) mass is 356 g/mol. The molecule has 0 bridgehead atoms. The molecule has 1 rings (SSSR count). The Labute approximate surface area is 149 Å². The fourth-order valence-electron chi connectivity index (χ4n) is 2.27. The third-order valence-electron chi connectivity index (χ3n) is 3.63. The van der Waals surface area contributed by atoms with Crippen molar-refractivity contribution >= 4 is 35.3 Å². The summed E-state index contributed by atoms with van der Waals surface area (Å²) in [7, 11) is 0. The zero-order valence-electron chi connectivity index (χ0n) is 13.8. The van der Waals surface area contributed by atoms with Crippen LogP contribution in [0.4, 0.5) is 0 Å². The number of nitrogens with one attached hydrogen (secondary N) is 1. The second-order valence-corrected chi connectivity index (χ2v) is 6.45. The first-order chi connectivity index (χ1) is 11.1.